The Labute approximate surface area is 185 Å². The molecule has 0 bridgehead atoms. The molecule has 1 aliphatic heterocycles. The van der Waals surface area contributed by atoms with Gasteiger partial charge in [-0.3, -0.25) is 9.89 Å². The largest absolute Gasteiger partial charge is 0.489 e. The second-order valence-electron chi connectivity index (χ2n) is 6.73. The Morgan fingerprint density at radius 3 is 2.44 bits per heavy atom. The molecule has 1 aromatic carbocycles. The zero-order valence-corrected chi connectivity index (χ0v) is 19.5. The lowest BCUT2D eigenvalue weighted by atomic mass is 10.1. The average molecular weight is 511 g/mol. The predicted octanol–water partition coefficient (Wildman–Crippen LogP) is 2.86. The van der Waals surface area contributed by atoms with E-state index in [4.69, 9.17) is 21.1 Å². The van der Waals surface area contributed by atoms with Crippen LogP contribution in [-0.2, 0) is 4.74 Å². The molecule has 2 unspecified atom stereocenters. The minimum absolute atomic E-state index is 0. The molecule has 0 spiro atoms. The van der Waals surface area contributed by atoms with Gasteiger partial charge in [0, 0.05) is 38.2 Å². The van der Waals surface area contributed by atoms with E-state index in [2.05, 4.69) is 27.4 Å². The fourth-order valence-corrected chi connectivity index (χ4v) is 2.93. The SMILES string of the molecule is CN=C(NCC(C)CN1CCOCC1)NCC(C)Oc1ccc(Cl)cc1.I. The Hall–Kier alpha value is -0.770. The molecular weight excluding hydrogens is 479 g/mol. The normalized spacial score (nSPS) is 17.6. The number of aliphatic imine (C=N–C) groups is 1. The molecule has 2 rings (SSSR count). The monoisotopic (exact) mass is 510 g/mol. The van der Waals surface area contributed by atoms with Gasteiger partial charge in [-0.1, -0.05) is 18.5 Å². The highest BCUT2D eigenvalue weighted by molar-refractivity contribution is 14.0. The van der Waals surface area contributed by atoms with Gasteiger partial charge in [0.2, 0.25) is 0 Å². The van der Waals surface area contributed by atoms with E-state index >= 15 is 0 Å². The molecule has 6 nitrogen and oxygen atoms in total. The van der Waals surface area contributed by atoms with E-state index in [-0.39, 0.29) is 30.1 Å². The summed E-state index contributed by atoms with van der Waals surface area (Å²) in [5.74, 6) is 2.14. The maximum absolute atomic E-state index is 5.89. The summed E-state index contributed by atoms with van der Waals surface area (Å²) in [4.78, 5) is 6.74. The van der Waals surface area contributed by atoms with E-state index in [1.807, 2.05) is 31.2 Å². The quantitative estimate of drug-likeness (QED) is 0.320. The van der Waals surface area contributed by atoms with Crippen molar-refractivity contribution in [3.8, 4) is 5.75 Å². The smallest absolute Gasteiger partial charge is 0.191 e. The molecule has 1 fully saturated rings. The maximum atomic E-state index is 5.89. The van der Waals surface area contributed by atoms with Crippen LogP contribution in [0.5, 0.6) is 5.75 Å². The summed E-state index contributed by atoms with van der Waals surface area (Å²) in [6, 6.07) is 7.40. The van der Waals surface area contributed by atoms with Crippen LogP contribution < -0.4 is 15.4 Å². The predicted molar refractivity (Wildman–Crippen MR) is 123 cm³/mol. The van der Waals surface area contributed by atoms with Crippen LogP contribution in [0.3, 0.4) is 0 Å². The molecule has 2 N–H and O–H groups in total. The molecule has 0 aliphatic carbocycles. The summed E-state index contributed by atoms with van der Waals surface area (Å²) in [6.07, 6.45) is 0.0144. The standard InChI is InChI=1S/C19H31ClN4O2.HI/c1-15(14-24-8-10-25-11-9-24)12-22-19(21-3)23-13-16(2)26-18-6-4-17(20)5-7-18;/h4-7,15-16H,8-14H2,1-3H3,(H2,21,22,23);1H. The Kier molecular flexibility index (Phi) is 12.1. The lowest BCUT2D eigenvalue weighted by Gasteiger charge is -2.29. The first kappa shape index (κ1) is 24.3. The van der Waals surface area contributed by atoms with E-state index in [9.17, 15) is 0 Å². The van der Waals surface area contributed by atoms with Gasteiger partial charge in [0.15, 0.2) is 5.96 Å². The van der Waals surface area contributed by atoms with Crippen LogP contribution in [0.4, 0.5) is 0 Å². The first-order valence-corrected chi connectivity index (χ1v) is 9.61. The number of hydrogen-bond acceptors (Lipinski definition) is 4. The number of nitrogens with one attached hydrogen (secondary N) is 2. The first-order chi connectivity index (χ1) is 12.6. The van der Waals surface area contributed by atoms with Gasteiger partial charge in [-0.2, -0.15) is 0 Å². The van der Waals surface area contributed by atoms with E-state index in [0.717, 1.165) is 51.1 Å². The third kappa shape index (κ3) is 9.82. The van der Waals surface area contributed by atoms with Gasteiger partial charge in [0.25, 0.3) is 0 Å². The Morgan fingerprint density at radius 2 is 1.81 bits per heavy atom. The highest BCUT2D eigenvalue weighted by Gasteiger charge is 2.14. The topological polar surface area (TPSA) is 58.1 Å². The maximum Gasteiger partial charge on any atom is 0.191 e. The van der Waals surface area contributed by atoms with Crippen LogP contribution in [-0.4, -0.2) is 69.9 Å². The number of nitrogens with zero attached hydrogens (tertiary/aromatic N) is 2. The summed E-state index contributed by atoms with van der Waals surface area (Å²) in [5.41, 5.74) is 0. The van der Waals surface area contributed by atoms with Crippen LogP contribution in [0.25, 0.3) is 0 Å². The van der Waals surface area contributed by atoms with Crippen molar-refractivity contribution in [3.05, 3.63) is 29.3 Å². The Bertz CT molecular complexity index is 553. The molecule has 0 amide bonds. The molecule has 1 heterocycles. The zero-order valence-electron chi connectivity index (χ0n) is 16.4. The second kappa shape index (κ2) is 13.4. The van der Waals surface area contributed by atoms with Gasteiger partial charge in [0.05, 0.1) is 19.8 Å². The third-order valence-corrected chi connectivity index (χ3v) is 4.47. The number of halogens is 2. The average Bonchev–Trinajstić information content (AvgIpc) is 2.64. The lowest BCUT2D eigenvalue weighted by Crippen LogP contribution is -2.45. The van der Waals surface area contributed by atoms with E-state index in [1.54, 1.807) is 7.05 Å². The number of hydrogen-bond donors (Lipinski definition) is 2. The molecule has 1 aromatic rings. The van der Waals surface area contributed by atoms with Crippen molar-refractivity contribution in [2.75, 3.05) is 53.0 Å². The van der Waals surface area contributed by atoms with Gasteiger partial charge in [-0.15, -0.1) is 24.0 Å². The molecule has 2 atom stereocenters. The summed E-state index contributed by atoms with van der Waals surface area (Å²) in [7, 11) is 1.78. The van der Waals surface area contributed by atoms with Gasteiger partial charge in [-0.25, -0.2) is 0 Å². The number of benzene rings is 1. The van der Waals surface area contributed by atoms with Crippen molar-refractivity contribution in [3.63, 3.8) is 0 Å². The van der Waals surface area contributed by atoms with Crippen LogP contribution in [0.15, 0.2) is 29.3 Å². The van der Waals surface area contributed by atoms with Gasteiger partial charge >= 0.3 is 0 Å². The fourth-order valence-electron chi connectivity index (χ4n) is 2.81. The van der Waals surface area contributed by atoms with Crippen molar-refractivity contribution in [2.45, 2.75) is 20.0 Å². The summed E-state index contributed by atoms with van der Waals surface area (Å²) < 4.78 is 11.3. The summed E-state index contributed by atoms with van der Waals surface area (Å²) in [6.45, 7) is 10.6. The van der Waals surface area contributed by atoms with E-state index < -0.39 is 0 Å². The zero-order chi connectivity index (χ0) is 18.8. The molecule has 0 aromatic heterocycles. The molecule has 0 saturated carbocycles. The van der Waals surface area contributed by atoms with E-state index in [1.165, 1.54) is 0 Å². The molecule has 1 aliphatic rings. The molecule has 154 valence electrons. The summed E-state index contributed by atoms with van der Waals surface area (Å²) >= 11 is 5.89. The number of rotatable bonds is 8. The molecule has 27 heavy (non-hydrogen) atoms. The van der Waals surface area contributed by atoms with Crippen LogP contribution in [0.1, 0.15) is 13.8 Å². The molecule has 0 radical (unpaired) electrons. The molecule has 8 heteroatoms. The molecular formula is C19H32ClIN4O2. The minimum atomic E-state index is 0. The van der Waals surface area contributed by atoms with Crippen molar-refractivity contribution in [1.82, 2.24) is 15.5 Å². The van der Waals surface area contributed by atoms with Crippen molar-refractivity contribution in [1.29, 1.82) is 0 Å². The Morgan fingerprint density at radius 1 is 1.19 bits per heavy atom. The Balaban J connectivity index is 0.00000364. The third-order valence-electron chi connectivity index (χ3n) is 4.22. The van der Waals surface area contributed by atoms with Crippen LogP contribution in [0.2, 0.25) is 5.02 Å². The highest BCUT2D eigenvalue weighted by atomic mass is 127. The van der Waals surface area contributed by atoms with Crippen LogP contribution >= 0.6 is 35.6 Å². The number of morpholine rings is 1. The second-order valence-corrected chi connectivity index (χ2v) is 7.17. The number of ether oxygens (including phenoxy) is 2. The fraction of sp³-hybridized carbons (Fsp3) is 0.632. The van der Waals surface area contributed by atoms with Crippen molar-refractivity contribution in [2.24, 2.45) is 10.9 Å². The molecule has 1 saturated heterocycles. The first-order valence-electron chi connectivity index (χ1n) is 9.23. The highest BCUT2D eigenvalue weighted by Crippen LogP contribution is 2.16. The lowest BCUT2D eigenvalue weighted by molar-refractivity contribution is 0.0320. The van der Waals surface area contributed by atoms with Crippen LogP contribution in [0, 0.1) is 5.92 Å². The van der Waals surface area contributed by atoms with Gasteiger partial charge in [-0.05, 0) is 37.1 Å². The van der Waals surface area contributed by atoms with Gasteiger partial charge < -0.3 is 20.1 Å². The minimum Gasteiger partial charge on any atom is -0.489 e. The number of guanidine groups is 1. The van der Waals surface area contributed by atoms with E-state index in [0.29, 0.717) is 17.5 Å². The summed E-state index contributed by atoms with van der Waals surface area (Å²) in [5, 5.41) is 7.41. The van der Waals surface area contributed by atoms with Crippen molar-refractivity contribution >= 4 is 41.5 Å². The van der Waals surface area contributed by atoms with Gasteiger partial charge in [0.1, 0.15) is 11.9 Å². The van der Waals surface area contributed by atoms with Crippen molar-refractivity contribution < 1.29 is 9.47 Å².